The maximum atomic E-state index is 7.08. The molecule has 0 amide bonds. The summed E-state index contributed by atoms with van der Waals surface area (Å²) in [6, 6.07) is 46.8. The quantitative estimate of drug-likeness (QED) is 0.199. The van der Waals surface area contributed by atoms with E-state index in [-0.39, 0.29) is 0 Å². The summed E-state index contributed by atoms with van der Waals surface area (Å²) in [6.45, 7) is 0. The van der Waals surface area contributed by atoms with Crippen molar-refractivity contribution in [2.45, 2.75) is 18.3 Å². The standard InChI is InChI=1S/C41H27NO/c1-2-14-27-26(12-1)13-9-16-28(27)31-18-11-22-35-40(31)43-38-25-8-5-20-33(38)41(35)32-19-4-7-24-37(32)42-36-23-6-3-15-29(36)30-17-10-21-34(41)39(30)42/h1-7,9-24H,8,25H2. The van der Waals surface area contributed by atoms with E-state index in [1.807, 2.05) is 0 Å². The molecule has 2 heteroatoms. The predicted octanol–water partition coefficient (Wildman–Crippen LogP) is 10.2. The van der Waals surface area contributed by atoms with Gasteiger partial charge in [-0.05, 0) is 46.0 Å². The van der Waals surface area contributed by atoms with Gasteiger partial charge in [0.2, 0.25) is 0 Å². The van der Waals surface area contributed by atoms with Crippen LogP contribution in [0.1, 0.15) is 29.5 Å². The topological polar surface area (TPSA) is 14.2 Å². The molecule has 1 aliphatic carbocycles. The third kappa shape index (κ3) is 2.83. The van der Waals surface area contributed by atoms with Crippen molar-refractivity contribution in [1.82, 2.24) is 4.57 Å². The van der Waals surface area contributed by atoms with Crippen molar-refractivity contribution >= 4 is 32.6 Å². The van der Waals surface area contributed by atoms with Gasteiger partial charge in [-0.15, -0.1) is 0 Å². The van der Waals surface area contributed by atoms with Crippen LogP contribution in [0, 0.1) is 0 Å². The molecule has 0 saturated carbocycles. The Balaban J connectivity index is 1.41. The predicted molar refractivity (Wildman–Crippen MR) is 176 cm³/mol. The fraction of sp³-hybridized carbons (Fsp3) is 0.0732. The second kappa shape index (κ2) is 8.36. The molecule has 0 N–H and O–H groups in total. The highest BCUT2D eigenvalue weighted by atomic mass is 16.5. The Hall–Kier alpha value is -5.34. The smallest absolute Gasteiger partial charge is 0.139 e. The lowest BCUT2D eigenvalue weighted by atomic mass is 9.60. The molecule has 43 heavy (non-hydrogen) atoms. The van der Waals surface area contributed by atoms with Gasteiger partial charge in [0.05, 0.1) is 22.1 Å². The van der Waals surface area contributed by atoms with Crippen molar-refractivity contribution in [1.29, 1.82) is 0 Å². The molecule has 2 nitrogen and oxygen atoms in total. The van der Waals surface area contributed by atoms with Crippen LogP contribution in [0.4, 0.5) is 0 Å². The molecule has 0 fully saturated rings. The van der Waals surface area contributed by atoms with Crippen LogP contribution in [0.3, 0.4) is 0 Å². The first kappa shape index (κ1) is 23.2. The minimum atomic E-state index is -0.513. The number of fused-ring (bicyclic) bond motifs is 11. The van der Waals surface area contributed by atoms with Crippen molar-refractivity contribution in [3.8, 4) is 22.6 Å². The first-order valence-corrected chi connectivity index (χ1v) is 15.2. The number of hydrogen-bond acceptors (Lipinski definition) is 1. The maximum Gasteiger partial charge on any atom is 0.139 e. The van der Waals surface area contributed by atoms with E-state index in [1.54, 1.807) is 0 Å². The second-order valence-electron chi connectivity index (χ2n) is 11.9. The molecule has 0 radical (unpaired) electrons. The van der Waals surface area contributed by atoms with Gasteiger partial charge in [-0.25, -0.2) is 0 Å². The number of para-hydroxylation sites is 4. The normalized spacial score (nSPS) is 18.1. The summed E-state index contributed by atoms with van der Waals surface area (Å²) in [5, 5.41) is 5.06. The summed E-state index contributed by atoms with van der Waals surface area (Å²) in [7, 11) is 0. The van der Waals surface area contributed by atoms with E-state index >= 15 is 0 Å². The highest BCUT2D eigenvalue weighted by molar-refractivity contribution is 6.12. The molecular weight excluding hydrogens is 522 g/mol. The van der Waals surface area contributed by atoms with Crippen molar-refractivity contribution in [3.05, 3.63) is 168 Å². The van der Waals surface area contributed by atoms with Gasteiger partial charge in [0.25, 0.3) is 0 Å². The first-order valence-electron chi connectivity index (χ1n) is 15.2. The molecule has 3 heterocycles. The van der Waals surface area contributed by atoms with Crippen molar-refractivity contribution in [3.63, 3.8) is 0 Å². The number of ether oxygens (including phenoxy) is 1. The number of allylic oxidation sites excluding steroid dienone is 4. The van der Waals surface area contributed by atoms with Gasteiger partial charge in [-0.1, -0.05) is 127 Å². The van der Waals surface area contributed by atoms with Gasteiger partial charge >= 0.3 is 0 Å². The highest BCUT2D eigenvalue weighted by Crippen LogP contribution is 2.61. The highest BCUT2D eigenvalue weighted by Gasteiger charge is 2.51. The zero-order valence-electron chi connectivity index (χ0n) is 23.5. The van der Waals surface area contributed by atoms with Gasteiger partial charge in [0.1, 0.15) is 11.5 Å². The fourth-order valence-electron chi connectivity index (χ4n) is 8.25. The number of nitrogens with zero attached hydrogens (tertiary/aromatic N) is 1. The number of rotatable bonds is 1. The van der Waals surface area contributed by atoms with Crippen LogP contribution in [0.5, 0.6) is 5.75 Å². The van der Waals surface area contributed by atoms with Crippen LogP contribution in [0.25, 0.3) is 49.4 Å². The minimum Gasteiger partial charge on any atom is -0.460 e. The van der Waals surface area contributed by atoms with Crippen molar-refractivity contribution in [2.24, 2.45) is 0 Å². The van der Waals surface area contributed by atoms with Crippen LogP contribution < -0.4 is 4.74 Å². The third-order valence-corrected chi connectivity index (χ3v) is 9.90. The first-order chi connectivity index (χ1) is 21.4. The van der Waals surface area contributed by atoms with Gasteiger partial charge < -0.3 is 9.30 Å². The maximum absolute atomic E-state index is 7.08. The van der Waals surface area contributed by atoms with E-state index in [0.717, 1.165) is 29.9 Å². The Morgan fingerprint density at radius 1 is 0.581 bits per heavy atom. The molecule has 6 aromatic carbocycles. The average molecular weight is 550 g/mol. The largest absolute Gasteiger partial charge is 0.460 e. The fourth-order valence-corrected chi connectivity index (χ4v) is 8.25. The van der Waals surface area contributed by atoms with E-state index < -0.39 is 5.41 Å². The molecule has 10 rings (SSSR count). The molecule has 1 unspecified atom stereocenters. The summed E-state index contributed by atoms with van der Waals surface area (Å²) in [5.74, 6) is 2.06. The molecule has 0 bridgehead atoms. The van der Waals surface area contributed by atoms with E-state index in [2.05, 4.69) is 144 Å². The van der Waals surface area contributed by atoms with Crippen LogP contribution in [-0.2, 0) is 5.41 Å². The Morgan fingerprint density at radius 2 is 1.28 bits per heavy atom. The van der Waals surface area contributed by atoms with Crippen molar-refractivity contribution < 1.29 is 4.74 Å². The summed E-state index contributed by atoms with van der Waals surface area (Å²) >= 11 is 0. The molecule has 3 aliphatic rings. The van der Waals surface area contributed by atoms with Crippen LogP contribution in [0.2, 0.25) is 0 Å². The summed E-state index contributed by atoms with van der Waals surface area (Å²) < 4.78 is 9.57. The number of aromatic nitrogens is 1. The molecule has 0 saturated heterocycles. The molecule has 1 aromatic heterocycles. The molecule has 1 spiro atoms. The third-order valence-electron chi connectivity index (χ3n) is 9.90. The lowest BCUT2D eigenvalue weighted by Gasteiger charge is -2.46. The zero-order chi connectivity index (χ0) is 28.1. The van der Waals surface area contributed by atoms with Crippen LogP contribution in [0.15, 0.2) is 151 Å². The molecule has 2 aliphatic heterocycles. The monoisotopic (exact) mass is 549 g/mol. The number of benzene rings is 6. The van der Waals surface area contributed by atoms with Crippen LogP contribution >= 0.6 is 0 Å². The van der Waals surface area contributed by atoms with Gasteiger partial charge in [0.15, 0.2) is 0 Å². The number of hydrogen-bond donors (Lipinski definition) is 0. The van der Waals surface area contributed by atoms with E-state index in [1.165, 1.54) is 66.1 Å². The van der Waals surface area contributed by atoms with Crippen molar-refractivity contribution in [2.75, 3.05) is 0 Å². The Morgan fingerprint density at radius 3 is 2.26 bits per heavy atom. The van der Waals surface area contributed by atoms with Gasteiger partial charge in [-0.3, -0.25) is 0 Å². The Labute approximate surface area is 249 Å². The molecule has 7 aromatic rings. The van der Waals surface area contributed by atoms with E-state index in [4.69, 9.17) is 4.74 Å². The average Bonchev–Trinajstić information content (AvgIpc) is 3.41. The lowest BCUT2D eigenvalue weighted by molar-refractivity contribution is 0.364. The summed E-state index contributed by atoms with van der Waals surface area (Å²) in [5.41, 5.74) is 10.7. The van der Waals surface area contributed by atoms with Gasteiger partial charge in [-0.2, -0.15) is 0 Å². The minimum absolute atomic E-state index is 0.513. The zero-order valence-corrected chi connectivity index (χ0v) is 23.5. The summed E-state index contributed by atoms with van der Waals surface area (Å²) in [6.07, 6.45) is 6.54. The second-order valence-corrected chi connectivity index (χ2v) is 11.9. The van der Waals surface area contributed by atoms with Gasteiger partial charge in [0, 0.05) is 33.9 Å². The van der Waals surface area contributed by atoms with E-state index in [9.17, 15) is 0 Å². The Bertz CT molecular complexity index is 2380. The Kier molecular flexibility index (Phi) is 4.52. The molecule has 202 valence electrons. The SMILES string of the molecule is C1=CC2=C(CC1)Oc1c(-c3cccc4ccccc34)cccc1C21c2ccccc2-n2c3ccccc3c3cccc1c32. The molecular formula is C41H27NO. The summed E-state index contributed by atoms with van der Waals surface area (Å²) in [4.78, 5) is 0. The van der Waals surface area contributed by atoms with Crippen LogP contribution in [-0.4, -0.2) is 4.57 Å². The van der Waals surface area contributed by atoms with E-state index in [0.29, 0.717) is 0 Å². The lowest BCUT2D eigenvalue weighted by Crippen LogP contribution is -2.40. The molecule has 1 atom stereocenters.